The third kappa shape index (κ3) is 3.12. The van der Waals surface area contributed by atoms with Crippen LogP contribution in [0.4, 0.5) is 17.6 Å². The highest BCUT2D eigenvalue weighted by Gasteiger charge is 2.18. The summed E-state index contributed by atoms with van der Waals surface area (Å²) in [6, 6.07) is 1.78. The smallest absolute Gasteiger partial charge is 0.224 e. The lowest BCUT2D eigenvalue weighted by molar-refractivity contribution is 0.409. The molecule has 4 aromatic rings. The summed E-state index contributed by atoms with van der Waals surface area (Å²) in [7, 11) is 3.48. The van der Waals surface area contributed by atoms with Crippen LogP contribution in [0.2, 0.25) is 0 Å². The molecular formula is C17H19N9O. The van der Waals surface area contributed by atoms with Crippen LogP contribution >= 0.6 is 0 Å². The summed E-state index contributed by atoms with van der Waals surface area (Å²) in [5, 5.41) is 4.02. The van der Waals surface area contributed by atoms with E-state index < -0.39 is 0 Å². The molecule has 0 saturated carbocycles. The standard InChI is InChI=1S/C17H19N9O/c1-10(14-19-6-11(27-3)7-20-14)26-5-4-12-15(23-17(18)24-16(12)26)22-13-8-25(2)9-21-13/h4-10H,1-3H3,(H3,18,22,23,24). The first-order valence-electron chi connectivity index (χ1n) is 8.30. The SMILES string of the molecule is COc1cnc(C(C)n2ccc3c(Nc4cn(C)cn4)nc(N)nc32)nc1. The molecule has 1 atom stereocenters. The van der Waals surface area contributed by atoms with Gasteiger partial charge in [0.05, 0.1) is 37.3 Å². The number of methoxy groups -OCH3 is 1. The molecule has 0 bridgehead atoms. The van der Waals surface area contributed by atoms with Crippen molar-refractivity contribution >= 4 is 28.6 Å². The molecule has 4 rings (SSSR count). The average Bonchev–Trinajstić information content (AvgIpc) is 3.27. The van der Waals surface area contributed by atoms with Crippen molar-refractivity contribution < 1.29 is 4.74 Å². The number of fused-ring (bicyclic) bond motifs is 1. The van der Waals surface area contributed by atoms with Crippen LogP contribution in [0.25, 0.3) is 11.0 Å². The number of nitrogens with zero attached hydrogens (tertiary/aromatic N) is 7. The van der Waals surface area contributed by atoms with Crippen LogP contribution in [-0.2, 0) is 7.05 Å². The van der Waals surface area contributed by atoms with Gasteiger partial charge in [0.1, 0.15) is 17.3 Å². The van der Waals surface area contributed by atoms with Crippen molar-refractivity contribution in [3.8, 4) is 5.75 Å². The molecule has 0 radical (unpaired) electrons. The van der Waals surface area contributed by atoms with E-state index in [9.17, 15) is 0 Å². The summed E-state index contributed by atoms with van der Waals surface area (Å²) in [5.41, 5.74) is 6.63. The Kier molecular flexibility index (Phi) is 4.07. The number of aryl methyl sites for hydroxylation is 1. The van der Waals surface area contributed by atoms with Crippen molar-refractivity contribution in [2.24, 2.45) is 7.05 Å². The van der Waals surface area contributed by atoms with Gasteiger partial charge >= 0.3 is 0 Å². The molecule has 0 saturated heterocycles. The van der Waals surface area contributed by atoms with E-state index in [2.05, 4.69) is 30.2 Å². The first-order chi connectivity index (χ1) is 13.0. The van der Waals surface area contributed by atoms with Gasteiger partial charge in [0, 0.05) is 19.4 Å². The van der Waals surface area contributed by atoms with Crippen LogP contribution in [-0.4, -0.2) is 41.2 Å². The molecule has 0 aromatic carbocycles. The number of hydrogen-bond donors (Lipinski definition) is 2. The normalized spacial score (nSPS) is 12.3. The van der Waals surface area contributed by atoms with Gasteiger partial charge in [-0.05, 0) is 13.0 Å². The molecule has 27 heavy (non-hydrogen) atoms. The highest BCUT2D eigenvalue weighted by molar-refractivity contribution is 5.90. The molecule has 0 spiro atoms. The highest BCUT2D eigenvalue weighted by Crippen LogP contribution is 2.28. The second kappa shape index (κ2) is 6.56. The minimum atomic E-state index is -0.148. The van der Waals surface area contributed by atoms with Crippen molar-refractivity contribution in [1.29, 1.82) is 0 Å². The van der Waals surface area contributed by atoms with Crippen LogP contribution in [0.3, 0.4) is 0 Å². The van der Waals surface area contributed by atoms with E-state index in [0.29, 0.717) is 28.9 Å². The zero-order valence-corrected chi connectivity index (χ0v) is 15.2. The van der Waals surface area contributed by atoms with Crippen molar-refractivity contribution in [2.45, 2.75) is 13.0 Å². The van der Waals surface area contributed by atoms with Crippen LogP contribution < -0.4 is 15.8 Å². The van der Waals surface area contributed by atoms with Gasteiger partial charge in [0.2, 0.25) is 5.95 Å². The van der Waals surface area contributed by atoms with Gasteiger partial charge in [-0.1, -0.05) is 0 Å². The third-order valence-electron chi connectivity index (χ3n) is 4.22. The van der Waals surface area contributed by atoms with E-state index >= 15 is 0 Å². The van der Waals surface area contributed by atoms with Gasteiger partial charge in [0.25, 0.3) is 0 Å². The van der Waals surface area contributed by atoms with E-state index in [4.69, 9.17) is 10.5 Å². The topological polar surface area (TPSA) is 122 Å². The molecule has 0 amide bonds. The van der Waals surface area contributed by atoms with Gasteiger partial charge in [-0.15, -0.1) is 0 Å². The van der Waals surface area contributed by atoms with E-state index in [0.717, 1.165) is 5.39 Å². The van der Waals surface area contributed by atoms with E-state index in [1.165, 1.54) is 0 Å². The molecule has 10 nitrogen and oxygen atoms in total. The predicted octanol–water partition coefficient (Wildman–Crippen LogP) is 1.90. The second-order valence-corrected chi connectivity index (χ2v) is 6.10. The quantitative estimate of drug-likeness (QED) is 0.550. The second-order valence-electron chi connectivity index (χ2n) is 6.10. The molecule has 0 aliphatic heterocycles. The maximum Gasteiger partial charge on any atom is 0.224 e. The predicted molar refractivity (Wildman–Crippen MR) is 101 cm³/mol. The number of rotatable bonds is 5. The summed E-state index contributed by atoms with van der Waals surface area (Å²) < 4.78 is 8.92. The number of hydrogen-bond acceptors (Lipinski definition) is 8. The minimum absolute atomic E-state index is 0.148. The molecular weight excluding hydrogens is 346 g/mol. The van der Waals surface area contributed by atoms with Gasteiger partial charge in [0.15, 0.2) is 11.6 Å². The average molecular weight is 365 g/mol. The number of nitrogens with two attached hydrogens (primary N) is 1. The number of aromatic nitrogens is 7. The minimum Gasteiger partial charge on any atom is -0.494 e. The van der Waals surface area contributed by atoms with Gasteiger partial charge < -0.3 is 24.9 Å². The molecule has 0 aliphatic carbocycles. The van der Waals surface area contributed by atoms with E-state index in [1.54, 1.807) is 25.8 Å². The summed E-state index contributed by atoms with van der Waals surface area (Å²) in [5.74, 6) is 2.69. The summed E-state index contributed by atoms with van der Waals surface area (Å²) in [6.07, 6.45) is 8.76. The van der Waals surface area contributed by atoms with Crippen molar-refractivity contribution in [1.82, 2.24) is 34.1 Å². The van der Waals surface area contributed by atoms with Crippen LogP contribution in [0.15, 0.2) is 37.2 Å². The Labute approximate surface area is 155 Å². The molecule has 3 N–H and O–H groups in total. The van der Waals surface area contributed by atoms with Crippen molar-refractivity contribution in [2.75, 3.05) is 18.2 Å². The highest BCUT2D eigenvalue weighted by atomic mass is 16.5. The molecule has 4 heterocycles. The van der Waals surface area contributed by atoms with E-state index in [-0.39, 0.29) is 12.0 Å². The molecule has 0 fully saturated rings. The summed E-state index contributed by atoms with van der Waals surface area (Å²) >= 11 is 0. The summed E-state index contributed by atoms with van der Waals surface area (Å²) in [6.45, 7) is 1.99. The zero-order chi connectivity index (χ0) is 19.0. The Bertz CT molecular complexity index is 1080. The fraction of sp³-hybridized carbons (Fsp3) is 0.235. The Hall–Kier alpha value is -3.69. The Morgan fingerprint density at radius 1 is 1.19 bits per heavy atom. The third-order valence-corrected chi connectivity index (χ3v) is 4.22. The maximum atomic E-state index is 5.94. The maximum absolute atomic E-state index is 5.94. The Morgan fingerprint density at radius 3 is 2.63 bits per heavy atom. The number of anilines is 3. The van der Waals surface area contributed by atoms with E-state index in [1.807, 2.05) is 41.6 Å². The first kappa shape index (κ1) is 16.8. The fourth-order valence-corrected chi connectivity index (χ4v) is 2.83. The van der Waals surface area contributed by atoms with Gasteiger partial charge in [-0.25, -0.2) is 15.0 Å². The fourth-order valence-electron chi connectivity index (χ4n) is 2.83. The van der Waals surface area contributed by atoms with Crippen LogP contribution in [0, 0.1) is 0 Å². The number of nitrogen functional groups attached to an aromatic ring is 1. The monoisotopic (exact) mass is 365 g/mol. The lowest BCUT2D eigenvalue weighted by atomic mass is 10.3. The molecule has 0 aliphatic rings. The molecule has 4 aromatic heterocycles. The first-order valence-corrected chi connectivity index (χ1v) is 8.30. The van der Waals surface area contributed by atoms with Crippen LogP contribution in [0.1, 0.15) is 18.8 Å². The number of nitrogens with one attached hydrogen (secondary N) is 1. The van der Waals surface area contributed by atoms with Gasteiger partial charge in [-0.2, -0.15) is 9.97 Å². The lowest BCUT2D eigenvalue weighted by Gasteiger charge is -2.14. The molecule has 138 valence electrons. The van der Waals surface area contributed by atoms with Crippen molar-refractivity contribution in [3.05, 3.63) is 43.0 Å². The number of imidazole rings is 1. The lowest BCUT2D eigenvalue weighted by Crippen LogP contribution is -2.11. The molecule has 1 unspecified atom stereocenters. The molecule has 10 heteroatoms. The zero-order valence-electron chi connectivity index (χ0n) is 15.2. The van der Waals surface area contributed by atoms with Crippen LogP contribution in [0.5, 0.6) is 5.75 Å². The van der Waals surface area contributed by atoms with Crippen molar-refractivity contribution in [3.63, 3.8) is 0 Å². The Morgan fingerprint density at radius 2 is 1.96 bits per heavy atom. The number of ether oxygens (including phenoxy) is 1. The Balaban J connectivity index is 1.73. The summed E-state index contributed by atoms with van der Waals surface area (Å²) in [4.78, 5) is 21.7. The largest absolute Gasteiger partial charge is 0.494 e. The van der Waals surface area contributed by atoms with Gasteiger partial charge in [-0.3, -0.25) is 0 Å².